The van der Waals surface area contributed by atoms with Crippen LogP contribution in [-0.4, -0.2) is 48.2 Å². The number of hydrogen-bond donors (Lipinski definition) is 2. The van der Waals surface area contributed by atoms with Crippen LogP contribution in [-0.2, 0) is 19.1 Å². The van der Waals surface area contributed by atoms with Crippen LogP contribution in [0.1, 0.15) is 19.3 Å². The van der Waals surface area contributed by atoms with E-state index in [4.69, 9.17) is 20.0 Å². The molecule has 7 heteroatoms. The number of nitrogens with zero attached hydrogens (tertiary/aromatic N) is 1. The average molecular weight is 235 g/mol. The largest absolute Gasteiger partial charge is 0.469 e. The summed E-state index contributed by atoms with van der Waals surface area (Å²) in [6, 6.07) is 0. The second-order valence-electron chi connectivity index (χ2n) is 3.70. The topological polar surface area (TPSA) is 88.5 Å². The van der Waals surface area contributed by atoms with E-state index in [-0.39, 0.29) is 23.4 Å². The van der Waals surface area contributed by atoms with Crippen LogP contribution in [0.5, 0.6) is 0 Å². The minimum atomic E-state index is -0.571. The van der Waals surface area contributed by atoms with Crippen molar-refractivity contribution < 1.29 is 29.5 Å². The normalized spacial score (nSPS) is 30.4. The predicted molar refractivity (Wildman–Crippen MR) is 50.4 cm³/mol. The quantitative estimate of drug-likeness (QED) is 0.537. The molecule has 0 aromatic heterocycles. The lowest BCUT2D eigenvalue weighted by Crippen LogP contribution is -2.42. The van der Waals surface area contributed by atoms with Gasteiger partial charge in [-0.15, -0.1) is 0 Å². The zero-order chi connectivity index (χ0) is 12.1. The Morgan fingerprint density at radius 1 is 1.25 bits per heavy atom. The van der Waals surface area contributed by atoms with Crippen molar-refractivity contribution in [3.8, 4) is 0 Å². The summed E-state index contributed by atoms with van der Waals surface area (Å²) in [4.78, 5) is 16.1. The molecular formula is C9H17NO6. The Bertz CT molecular complexity index is 234. The summed E-state index contributed by atoms with van der Waals surface area (Å²) in [6.45, 7) is 0. The van der Waals surface area contributed by atoms with Crippen LogP contribution in [0.3, 0.4) is 0 Å². The van der Waals surface area contributed by atoms with Crippen molar-refractivity contribution in [2.75, 3.05) is 14.2 Å². The maximum absolute atomic E-state index is 11.3. The van der Waals surface area contributed by atoms with Gasteiger partial charge in [0, 0.05) is 7.11 Å². The fraction of sp³-hybridized carbons (Fsp3) is 0.889. The maximum Gasteiger partial charge on any atom is 0.308 e. The van der Waals surface area contributed by atoms with Gasteiger partial charge >= 0.3 is 5.97 Å². The average Bonchev–Trinajstić information content (AvgIpc) is 2.27. The minimum Gasteiger partial charge on any atom is -0.469 e. The lowest BCUT2D eigenvalue weighted by molar-refractivity contribution is -0.510. The van der Waals surface area contributed by atoms with E-state index in [1.165, 1.54) is 14.2 Å². The van der Waals surface area contributed by atoms with Crippen LogP contribution in [0.2, 0.25) is 0 Å². The fourth-order valence-electron chi connectivity index (χ4n) is 1.98. The summed E-state index contributed by atoms with van der Waals surface area (Å²) in [5, 5.41) is 16.8. The van der Waals surface area contributed by atoms with Crippen LogP contribution in [0, 0.1) is 5.92 Å². The molecule has 0 aromatic rings. The van der Waals surface area contributed by atoms with Gasteiger partial charge in [-0.25, -0.2) is 4.84 Å². The highest BCUT2D eigenvalue weighted by molar-refractivity contribution is 5.72. The van der Waals surface area contributed by atoms with Crippen LogP contribution in [0.25, 0.3) is 0 Å². The van der Waals surface area contributed by atoms with Gasteiger partial charge in [0.25, 0.3) is 0 Å². The van der Waals surface area contributed by atoms with Gasteiger partial charge in [0.2, 0.25) is 0 Å². The molecule has 7 nitrogen and oxygen atoms in total. The van der Waals surface area contributed by atoms with Crippen molar-refractivity contribution in [1.82, 2.24) is 5.39 Å². The molecule has 1 saturated carbocycles. The highest BCUT2D eigenvalue weighted by Crippen LogP contribution is 2.29. The van der Waals surface area contributed by atoms with Crippen molar-refractivity contribution in [2.45, 2.75) is 31.5 Å². The Morgan fingerprint density at radius 3 is 2.44 bits per heavy atom. The SMILES string of the molecule is COC(=O)[C@@H]1CC[C@H](OC)[C@@H](ON(O)O)C1. The number of hydrogen-bond acceptors (Lipinski definition) is 7. The van der Waals surface area contributed by atoms with Crippen molar-refractivity contribution in [3.05, 3.63) is 0 Å². The Balaban J connectivity index is 2.57. The molecule has 0 spiro atoms. The maximum atomic E-state index is 11.3. The molecule has 0 radical (unpaired) electrons. The Kier molecular flexibility index (Phi) is 5.10. The molecule has 16 heavy (non-hydrogen) atoms. The lowest BCUT2D eigenvalue weighted by atomic mass is 9.85. The molecular weight excluding hydrogens is 218 g/mol. The number of methoxy groups -OCH3 is 2. The number of ether oxygens (including phenoxy) is 2. The first-order valence-corrected chi connectivity index (χ1v) is 5.03. The monoisotopic (exact) mass is 235 g/mol. The smallest absolute Gasteiger partial charge is 0.308 e. The first kappa shape index (κ1) is 13.3. The van der Waals surface area contributed by atoms with Crippen LogP contribution < -0.4 is 0 Å². The standard InChI is InChI=1S/C9H17NO6/c1-14-7-4-3-6(9(11)15-2)5-8(7)16-10(12)13/h6-8,12-13H,3-5H2,1-2H3/t6-,7+,8+/m1/s1. The Morgan fingerprint density at radius 2 is 1.94 bits per heavy atom. The number of rotatable bonds is 4. The van der Waals surface area contributed by atoms with E-state index in [9.17, 15) is 4.79 Å². The van der Waals surface area contributed by atoms with Crippen molar-refractivity contribution in [3.63, 3.8) is 0 Å². The third-order valence-corrected chi connectivity index (χ3v) is 2.80. The van der Waals surface area contributed by atoms with E-state index < -0.39 is 6.10 Å². The second-order valence-corrected chi connectivity index (χ2v) is 3.70. The summed E-state index contributed by atoms with van der Waals surface area (Å²) in [6.07, 6.45) is 0.750. The molecule has 1 aliphatic rings. The van der Waals surface area contributed by atoms with Crippen LogP contribution >= 0.6 is 0 Å². The molecule has 2 N–H and O–H groups in total. The van der Waals surface area contributed by atoms with E-state index in [0.29, 0.717) is 19.3 Å². The second kappa shape index (κ2) is 6.12. The molecule has 0 bridgehead atoms. The first-order chi connectivity index (χ1) is 7.58. The van der Waals surface area contributed by atoms with Crippen molar-refractivity contribution in [2.24, 2.45) is 5.92 Å². The van der Waals surface area contributed by atoms with Gasteiger partial charge in [0.15, 0.2) is 0 Å². The van der Waals surface area contributed by atoms with E-state index in [1.54, 1.807) is 0 Å². The summed E-state index contributed by atoms with van der Waals surface area (Å²) in [5.74, 6) is -0.605. The van der Waals surface area contributed by atoms with Crippen molar-refractivity contribution >= 4 is 5.97 Å². The number of carbonyl (C=O) groups is 1. The zero-order valence-electron chi connectivity index (χ0n) is 9.33. The molecule has 1 rings (SSSR count). The van der Waals surface area contributed by atoms with E-state index in [1.807, 2.05) is 0 Å². The third-order valence-electron chi connectivity index (χ3n) is 2.80. The van der Waals surface area contributed by atoms with Gasteiger partial charge in [0.05, 0.1) is 24.5 Å². The zero-order valence-corrected chi connectivity index (χ0v) is 9.33. The molecule has 0 aromatic carbocycles. The summed E-state index contributed by atoms with van der Waals surface area (Å²) in [7, 11) is 2.84. The molecule has 0 aliphatic heterocycles. The summed E-state index contributed by atoms with van der Waals surface area (Å²) in [5.41, 5.74) is 0. The highest BCUT2D eigenvalue weighted by Gasteiger charge is 2.36. The summed E-state index contributed by atoms with van der Waals surface area (Å²) >= 11 is 0. The Labute approximate surface area is 93.4 Å². The van der Waals surface area contributed by atoms with E-state index >= 15 is 0 Å². The van der Waals surface area contributed by atoms with Gasteiger partial charge in [-0.1, -0.05) is 0 Å². The third kappa shape index (κ3) is 3.39. The molecule has 0 heterocycles. The van der Waals surface area contributed by atoms with Gasteiger partial charge in [-0.05, 0) is 19.3 Å². The van der Waals surface area contributed by atoms with Crippen LogP contribution in [0.4, 0.5) is 0 Å². The molecule has 1 fully saturated rings. The minimum absolute atomic E-state index is 0.261. The Hall–Kier alpha value is -0.730. The van der Waals surface area contributed by atoms with Gasteiger partial charge in [-0.2, -0.15) is 0 Å². The van der Waals surface area contributed by atoms with Crippen molar-refractivity contribution in [1.29, 1.82) is 0 Å². The first-order valence-electron chi connectivity index (χ1n) is 5.03. The van der Waals surface area contributed by atoms with E-state index in [0.717, 1.165) is 0 Å². The number of esters is 1. The van der Waals surface area contributed by atoms with E-state index in [2.05, 4.69) is 4.74 Å². The highest BCUT2D eigenvalue weighted by atomic mass is 17.1. The molecule has 0 saturated heterocycles. The molecule has 94 valence electrons. The molecule has 3 atom stereocenters. The molecule has 1 aliphatic carbocycles. The van der Waals surface area contributed by atoms with Gasteiger partial charge < -0.3 is 9.47 Å². The fourth-order valence-corrected chi connectivity index (χ4v) is 1.98. The molecule has 0 amide bonds. The summed E-state index contributed by atoms with van der Waals surface area (Å²) < 4.78 is 9.78. The van der Waals surface area contributed by atoms with Crippen LogP contribution in [0.15, 0.2) is 0 Å². The lowest BCUT2D eigenvalue weighted by Gasteiger charge is -2.33. The van der Waals surface area contributed by atoms with Gasteiger partial charge in [0.1, 0.15) is 6.10 Å². The van der Waals surface area contributed by atoms with Gasteiger partial charge in [-0.3, -0.25) is 15.2 Å². The molecule has 0 unspecified atom stereocenters. The number of carbonyl (C=O) groups excluding carboxylic acids is 1. The predicted octanol–water partition coefficient (Wildman–Crippen LogP) is 0.355.